The number of hydrogen-bond acceptors (Lipinski definition) is 7. The van der Waals surface area contributed by atoms with Crippen LogP contribution in [0.2, 0.25) is 5.02 Å². The average molecular weight is 354 g/mol. The highest BCUT2D eigenvalue weighted by atomic mass is 35.5. The molecular formula is C13H12ClN5O3S. The Morgan fingerprint density at radius 2 is 2.09 bits per heavy atom. The number of nitrogens with two attached hydrogens (primary N) is 1. The van der Waals surface area contributed by atoms with Crippen molar-refractivity contribution >= 4 is 38.4 Å². The first-order valence-corrected chi connectivity index (χ1v) is 8.70. The van der Waals surface area contributed by atoms with Crippen LogP contribution in [0.25, 0.3) is 11.2 Å². The number of hydrogen-bond donors (Lipinski definition) is 2. The van der Waals surface area contributed by atoms with Gasteiger partial charge in [0.1, 0.15) is 12.4 Å². The summed E-state index contributed by atoms with van der Waals surface area (Å²) in [7, 11) is -3.40. The molecule has 0 unspecified atom stereocenters. The quantitative estimate of drug-likeness (QED) is 0.729. The number of benzene rings is 1. The van der Waals surface area contributed by atoms with E-state index in [2.05, 4.69) is 20.4 Å². The highest BCUT2D eigenvalue weighted by Crippen LogP contribution is 2.26. The van der Waals surface area contributed by atoms with E-state index in [9.17, 15) is 8.42 Å². The maximum Gasteiger partial charge on any atom is 0.207 e. The van der Waals surface area contributed by atoms with Crippen molar-refractivity contribution in [1.82, 2.24) is 20.4 Å². The summed E-state index contributed by atoms with van der Waals surface area (Å²) in [6, 6.07) is 6.00. The first-order chi connectivity index (χ1) is 10.8. The number of aromatic amines is 1. The molecular weight excluding hydrogens is 342 g/mol. The van der Waals surface area contributed by atoms with Crippen molar-refractivity contribution in [2.75, 3.05) is 12.0 Å². The van der Waals surface area contributed by atoms with Crippen LogP contribution in [0.3, 0.4) is 0 Å². The highest BCUT2D eigenvalue weighted by Gasteiger charge is 2.16. The maximum absolute atomic E-state index is 11.8. The Morgan fingerprint density at radius 3 is 2.83 bits per heavy atom. The number of pyridine rings is 1. The standard InChI is InChI=1S/C13H12ClN5O3S/c1-23(20,21)10-3-2-8(14)4-7(10)6-22-9-5-11(15)16-13-12(9)17-19-18-13/h2-5H,6H2,1H3,(H3,15,16,17,18,19). The van der Waals surface area contributed by atoms with Gasteiger partial charge in [-0.1, -0.05) is 11.6 Å². The third-order valence-electron chi connectivity index (χ3n) is 3.08. The number of aromatic nitrogens is 4. The SMILES string of the molecule is CS(=O)(=O)c1ccc(Cl)cc1COc1cc(N)nc2n[nH]nc12. The number of ether oxygens (including phenoxy) is 1. The molecule has 3 aromatic rings. The Bertz CT molecular complexity index is 986. The predicted molar refractivity (Wildman–Crippen MR) is 85.0 cm³/mol. The summed E-state index contributed by atoms with van der Waals surface area (Å²) in [5.41, 5.74) is 6.84. The molecule has 0 aliphatic rings. The summed E-state index contributed by atoms with van der Waals surface area (Å²) in [5, 5.41) is 10.6. The van der Waals surface area contributed by atoms with Gasteiger partial charge in [0.05, 0.1) is 4.90 Å². The normalized spacial score (nSPS) is 11.7. The molecule has 0 aliphatic carbocycles. The number of H-pyrrole nitrogens is 1. The molecule has 10 heteroatoms. The van der Waals surface area contributed by atoms with Crippen LogP contribution in [0.15, 0.2) is 29.2 Å². The van der Waals surface area contributed by atoms with Crippen molar-refractivity contribution in [3.63, 3.8) is 0 Å². The van der Waals surface area contributed by atoms with Gasteiger partial charge in [0.2, 0.25) is 5.65 Å². The van der Waals surface area contributed by atoms with E-state index >= 15 is 0 Å². The molecule has 2 heterocycles. The maximum atomic E-state index is 11.8. The summed E-state index contributed by atoms with van der Waals surface area (Å²) in [6.07, 6.45) is 1.12. The fraction of sp³-hybridized carbons (Fsp3) is 0.154. The summed E-state index contributed by atoms with van der Waals surface area (Å²) in [5.74, 6) is 0.566. The second-order valence-corrected chi connectivity index (χ2v) is 7.27. The molecule has 0 spiro atoms. The smallest absolute Gasteiger partial charge is 0.207 e. The fourth-order valence-electron chi connectivity index (χ4n) is 2.11. The lowest BCUT2D eigenvalue weighted by Crippen LogP contribution is -2.06. The first kappa shape index (κ1) is 15.5. The van der Waals surface area contributed by atoms with Crippen LogP contribution >= 0.6 is 11.6 Å². The second-order valence-electron chi connectivity index (χ2n) is 4.85. The number of nitrogens with zero attached hydrogens (tertiary/aromatic N) is 3. The van der Waals surface area contributed by atoms with E-state index in [1.165, 1.54) is 18.2 Å². The molecule has 0 saturated carbocycles. The number of halogens is 1. The largest absolute Gasteiger partial charge is 0.486 e. The first-order valence-electron chi connectivity index (χ1n) is 6.43. The zero-order valence-electron chi connectivity index (χ0n) is 11.9. The zero-order chi connectivity index (χ0) is 16.6. The number of nitrogens with one attached hydrogen (secondary N) is 1. The number of rotatable bonds is 4. The summed E-state index contributed by atoms with van der Waals surface area (Å²) in [4.78, 5) is 4.15. The summed E-state index contributed by atoms with van der Waals surface area (Å²) < 4.78 is 29.4. The zero-order valence-corrected chi connectivity index (χ0v) is 13.5. The van der Waals surface area contributed by atoms with Crippen molar-refractivity contribution in [2.24, 2.45) is 0 Å². The molecule has 2 aromatic heterocycles. The van der Waals surface area contributed by atoms with Gasteiger partial charge in [0.15, 0.2) is 21.1 Å². The van der Waals surface area contributed by atoms with E-state index in [-0.39, 0.29) is 17.3 Å². The molecule has 0 fully saturated rings. The molecule has 120 valence electrons. The lowest BCUT2D eigenvalue weighted by molar-refractivity contribution is 0.306. The van der Waals surface area contributed by atoms with Crippen molar-refractivity contribution < 1.29 is 13.2 Å². The van der Waals surface area contributed by atoms with Crippen LogP contribution in [-0.4, -0.2) is 35.1 Å². The van der Waals surface area contributed by atoms with Crippen LogP contribution in [0, 0.1) is 0 Å². The molecule has 0 bridgehead atoms. The Morgan fingerprint density at radius 1 is 1.30 bits per heavy atom. The summed E-state index contributed by atoms with van der Waals surface area (Å²) in [6.45, 7) is -0.0195. The van der Waals surface area contributed by atoms with Crippen LogP contribution in [0.4, 0.5) is 5.82 Å². The molecule has 3 rings (SSSR count). The van der Waals surface area contributed by atoms with E-state index in [4.69, 9.17) is 22.1 Å². The van der Waals surface area contributed by atoms with Gasteiger partial charge in [0, 0.05) is 22.9 Å². The molecule has 0 aliphatic heterocycles. The van der Waals surface area contributed by atoms with E-state index < -0.39 is 9.84 Å². The Kier molecular flexibility index (Phi) is 3.82. The lowest BCUT2D eigenvalue weighted by atomic mass is 10.2. The molecule has 0 radical (unpaired) electrons. The minimum absolute atomic E-state index is 0.0195. The van der Waals surface area contributed by atoms with E-state index in [1.807, 2.05) is 0 Å². The van der Waals surface area contributed by atoms with Gasteiger partial charge < -0.3 is 10.5 Å². The summed E-state index contributed by atoms with van der Waals surface area (Å²) >= 11 is 5.94. The second kappa shape index (κ2) is 5.67. The highest BCUT2D eigenvalue weighted by molar-refractivity contribution is 7.90. The predicted octanol–water partition coefficient (Wildman–Crippen LogP) is 1.57. The van der Waals surface area contributed by atoms with Gasteiger partial charge >= 0.3 is 0 Å². The van der Waals surface area contributed by atoms with E-state index in [0.717, 1.165) is 6.26 Å². The Hall–Kier alpha value is -2.39. The number of fused-ring (bicyclic) bond motifs is 1. The van der Waals surface area contributed by atoms with Gasteiger partial charge in [-0.05, 0) is 18.2 Å². The van der Waals surface area contributed by atoms with Gasteiger partial charge in [0.25, 0.3) is 0 Å². The van der Waals surface area contributed by atoms with Crippen molar-refractivity contribution in [3.8, 4) is 5.75 Å². The monoisotopic (exact) mass is 353 g/mol. The van der Waals surface area contributed by atoms with Crippen LogP contribution in [-0.2, 0) is 16.4 Å². The van der Waals surface area contributed by atoms with E-state index in [0.29, 0.717) is 27.5 Å². The average Bonchev–Trinajstić information content (AvgIpc) is 2.91. The number of sulfone groups is 1. The third kappa shape index (κ3) is 3.20. The molecule has 3 N–H and O–H groups in total. The lowest BCUT2D eigenvalue weighted by Gasteiger charge is -2.11. The van der Waals surface area contributed by atoms with Crippen molar-refractivity contribution in [1.29, 1.82) is 0 Å². The third-order valence-corrected chi connectivity index (χ3v) is 4.51. The molecule has 0 saturated heterocycles. The topological polar surface area (TPSA) is 124 Å². The van der Waals surface area contributed by atoms with Gasteiger partial charge in [-0.15, -0.1) is 5.10 Å². The van der Waals surface area contributed by atoms with Crippen molar-refractivity contribution in [3.05, 3.63) is 34.9 Å². The van der Waals surface area contributed by atoms with Gasteiger partial charge in [-0.3, -0.25) is 0 Å². The van der Waals surface area contributed by atoms with Gasteiger partial charge in [-0.2, -0.15) is 10.3 Å². The molecule has 0 atom stereocenters. The molecule has 0 amide bonds. The number of nitrogen functional groups attached to an aromatic ring is 1. The fourth-order valence-corrected chi connectivity index (χ4v) is 3.22. The minimum atomic E-state index is -3.40. The molecule has 8 nitrogen and oxygen atoms in total. The van der Waals surface area contributed by atoms with Crippen molar-refractivity contribution in [2.45, 2.75) is 11.5 Å². The van der Waals surface area contributed by atoms with E-state index in [1.54, 1.807) is 6.07 Å². The Balaban J connectivity index is 1.97. The minimum Gasteiger partial charge on any atom is -0.486 e. The van der Waals surface area contributed by atoms with Gasteiger partial charge in [-0.25, -0.2) is 13.4 Å². The van der Waals surface area contributed by atoms with Crippen LogP contribution < -0.4 is 10.5 Å². The Labute approximate surface area is 136 Å². The van der Waals surface area contributed by atoms with Crippen LogP contribution in [0.5, 0.6) is 5.75 Å². The molecule has 1 aromatic carbocycles. The van der Waals surface area contributed by atoms with Crippen LogP contribution in [0.1, 0.15) is 5.56 Å². The molecule has 23 heavy (non-hydrogen) atoms. The number of anilines is 1.